The molecule has 2 unspecified atom stereocenters. The molecule has 2 atom stereocenters. The van der Waals surface area contributed by atoms with Gasteiger partial charge in [0.2, 0.25) is 0 Å². The van der Waals surface area contributed by atoms with Gasteiger partial charge in [-0.15, -0.1) is 0 Å². The summed E-state index contributed by atoms with van der Waals surface area (Å²) in [6.45, 7) is 4.50. The molecule has 1 fully saturated rings. The second-order valence-corrected chi connectivity index (χ2v) is 9.45. The van der Waals surface area contributed by atoms with Crippen molar-refractivity contribution in [2.24, 2.45) is 0 Å². The Morgan fingerprint density at radius 3 is 2.30 bits per heavy atom. The molecular weight excluding hydrogens is 320 g/mol. The number of unbranched alkanes of at least 4 members (excludes halogenated alkanes) is 4. The Balaban J connectivity index is 0.000000361. The minimum Gasteiger partial charge on any atom is -0.179 e. The maximum atomic E-state index is 4.43. The van der Waals surface area contributed by atoms with Gasteiger partial charge in [0.15, 0.2) is 0 Å². The summed E-state index contributed by atoms with van der Waals surface area (Å²) in [6.07, 6.45) is 13.6. The third kappa shape index (κ3) is 14.3. The van der Waals surface area contributed by atoms with Gasteiger partial charge >= 0.3 is 0 Å². The average molecular weight is 355 g/mol. The molecule has 0 aromatic heterocycles. The van der Waals surface area contributed by atoms with Crippen LogP contribution in [0.25, 0.3) is 0 Å². The largest absolute Gasteiger partial charge is 0.179 e. The van der Waals surface area contributed by atoms with Crippen molar-refractivity contribution in [2.75, 3.05) is 11.5 Å². The van der Waals surface area contributed by atoms with Crippen molar-refractivity contribution < 1.29 is 0 Å². The highest BCUT2D eigenvalue weighted by Gasteiger charge is 2.14. The lowest BCUT2D eigenvalue weighted by atomic mass is 10.1. The Kier molecular flexibility index (Phi) is 17.9. The van der Waals surface area contributed by atoms with Gasteiger partial charge in [-0.2, -0.15) is 25.3 Å². The SMILES string of the molecule is CCCCCC(S)CCS.CCCCCC1CCSS1. The van der Waals surface area contributed by atoms with E-state index in [2.05, 4.69) is 60.7 Å². The first-order chi connectivity index (χ1) is 9.74. The molecule has 1 rings (SSSR count). The van der Waals surface area contributed by atoms with Gasteiger partial charge in [-0.3, -0.25) is 0 Å². The predicted molar refractivity (Wildman–Crippen MR) is 108 cm³/mol. The summed E-state index contributed by atoms with van der Waals surface area (Å²) in [4.78, 5) is 0. The number of hydrogen-bond donors (Lipinski definition) is 2. The van der Waals surface area contributed by atoms with Crippen molar-refractivity contribution in [2.45, 2.75) is 88.6 Å². The van der Waals surface area contributed by atoms with Gasteiger partial charge in [0.1, 0.15) is 0 Å². The van der Waals surface area contributed by atoms with Crippen molar-refractivity contribution in [3.8, 4) is 0 Å². The highest BCUT2D eigenvalue weighted by Crippen LogP contribution is 2.39. The van der Waals surface area contributed by atoms with Crippen molar-refractivity contribution >= 4 is 46.8 Å². The molecule has 0 nitrogen and oxygen atoms in total. The Hall–Kier alpha value is 1.40. The monoisotopic (exact) mass is 354 g/mol. The molecule has 1 heterocycles. The smallest absolute Gasteiger partial charge is 0.0159 e. The molecular formula is C16H34S4. The Bertz CT molecular complexity index is 181. The summed E-state index contributed by atoms with van der Waals surface area (Å²) in [5.41, 5.74) is 0. The lowest BCUT2D eigenvalue weighted by Gasteiger charge is -2.06. The molecule has 0 radical (unpaired) electrons. The topological polar surface area (TPSA) is 0 Å². The van der Waals surface area contributed by atoms with Gasteiger partial charge in [0, 0.05) is 16.3 Å². The molecule has 0 aliphatic carbocycles. The minimum atomic E-state index is 0.587. The highest BCUT2D eigenvalue weighted by molar-refractivity contribution is 8.77. The molecule has 0 N–H and O–H groups in total. The van der Waals surface area contributed by atoms with Crippen molar-refractivity contribution in [3.63, 3.8) is 0 Å². The fourth-order valence-electron chi connectivity index (χ4n) is 2.11. The lowest BCUT2D eigenvalue weighted by Crippen LogP contribution is -1.98. The van der Waals surface area contributed by atoms with Crippen LogP contribution < -0.4 is 0 Å². The zero-order valence-corrected chi connectivity index (χ0v) is 16.8. The number of rotatable bonds is 10. The normalized spacial score (nSPS) is 19.5. The van der Waals surface area contributed by atoms with E-state index < -0.39 is 0 Å². The first-order valence-corrected chi connectivity index (χ1v) is 11.8. The predicted octanol–water partition coefficient (Wildman–Crippen LogP) is 6.91. The van der Waals surface area contributed by atoms with E-state index in [1.807, 2.05) is 0 Å². The quantitative estimate of drug-likeness (QED) is 0.248. The van der Waals surface area contributed by atoms with Crippen LogP contribution in [-0.2, 0) is 0 Å². The van der Waals surface area contributed by atoms with E-state index in [0.717, 1.165) is 17.4 Å². The summed E-state index contributed by atoms with van der Waals surface area (Å²) < 4.78 is 0. The van der Waals surface area contributed by atoms with Crippen LogP contribution in [0.1, 0.15) is 78.1 Å². The molecule has 1 saturated heterocycles. The highest BCUT2D eigenvalue weighted by atomic mass is 33.1. The fraction of sp³-hybridized carbons (Fsp3) is 1.00. The van der Waals surface area contributed by atoms with Crippen LogP contribution in [0.5, 0.6) is 0 Å². The second kappa shape index (κ2) is 16.8. The zero-order chi connectivity index (χ0) is 15.1. The van der Waals surface area contributed by atoms with E-state index in [0.29, 0.717) is 5.25 Å². The Morgan fingerprint density at radius 1 is 1.05 bits per heavy atom. The lowest BCUT2D eigenvalue weighted by molar-refractivity contribution is 0.640. The van der Waals surface area contributed by atoms with E-state index in [-0.39, 0.29) is 0 Å². The maximum absolute atomic E-state index is 4.43. The molecule has 1 aliphatic heterocycles. The van der Waals surface area contributed by atoms with Gasteiger partial charge < -0.3 is 0 Å². The van der Waals surface area contributed by atoms with Crippen LogP contribution in [-0.4, -0.2) is 22.0 Å². The molecule has 20 heavy (non-hydrogen) atoms. The summed E-state index contributed by atoms with van der Waals surface area (Å²) in [7, 11) is 4.17. The molecule has 0 bridgehead atoms. The number of hydrogen-bond acceptors (Lipinski definition) is 4. The number of thiol groups is 2. The minimum absolute atomic E-state index is 0.587. The third-order valence-corrected chi connectivity index (χ3v) is 7.24. The Labute approximate surface area is 146 Å². The second-order valence-electron chi connectivity index (χ2n) is 5.49. The fourth-order valence-corrected chi connectivity index (χ4v) is 5.96. The van der Waals surface area contributed by atoms with Gasteiger partial charge in [0.25, 0.3) is 0 Å². The van der Waals surface area contributed by atoms with Crippen LogP contribution in [0.3, 0.4) is 0 Å². The molecule has 1 aliphatic rings. The maximum Gasteiger partial charge on any atom is 0.0159 e. The standard InChI is InChI=1S/C8H16S2.C8H18S2/c1-2-3-4-5-8-6-7-9-10-8;1-2-3-4-5-8(10)6-7-9/h8H,2-7H2,1H3;8-10H,2-7H2,1H3. The first-order valence-electron chi connectivity index (χ1n) is 8.31. The van der Waals surface area contributed by atoms with Gasteiger partial charge in [0.05, 0.1) is 0 Å². The van der Waals surface area contributed by atoms with E-state index in [9.17, 15) is 0 Å². The van der Waals surface area contributed by atoms with Crippen LogP contribution in [0.15, 0.2) is 0 Å². The molecule has 0 spiro atoms. The van der Waals surface area contributed by atoms with Crippen molar-refractivity contribution in [1.82, 2.24) is 0 Å². The average Bonchev–Trinajstić information content (AvgIpc) is 2.94. The van der Waals surface area contributed by atoms with Gasteiger partial charge in [-0.05, 0) is 31.4 Å². The third-order valence-electron chi connectivity index (χ3n) is 3.46. The Morgan fingerprint density at radius 2 is 1.75 bits per heavy atom. The summed E-state index contributed by atoms with van der Waals surface area (Å²) in [5, 5.41) is 1.58. The van der Waals surface area contributed by atoms with E-state index in [1.54, 1.807) is 0 Å². The molecule has 0 amide bonds. The summed E-state index contributed by atoms with van der Waals surface area (Å²) in [5.74, 6) is 2.36. The van der Waals surface area contributed by atoms with Crippen molar-refractivity contribution in [1.29, 1.82) is 0 Å². The summed E-state index contributed by atoms with van der Waals surface area (Å²) in [6, 6.07) is 0. The molecule has 0 saturated carbocycles. The van der Waals surface area contributed by atoms with Gasteiger partial charge in [-0.25, -0.2) is 0 Å². The molecule has 0 aromatic carbocycles. The van der Waals surface area contributed by atoms with Crippen LogP contribution >= 0.6 is 46.8 Å². The zero-order valence-electron chi connectivity index (χ0n) is 13.4. The van der Waals surface area contributed by atoms with Crippen LogP contribution in [0.2, 0.25) is 0 Å². The van der Waals surface area contributed by atoms with Gasteiger partial charge in [-0.1, -0.05) is 74.0 Å². The first kappa shape index (κ1) is 21.4. The van der Waals surface area contributed by atoms with E-state index in [1.165, 1.54) is 63.5 Å². The summed E-state index contributed by atoms with van der Waals surface area (Å²) >= 11 is 8.59. The van der Waals surface area contributed by atoms with Crippen molar-refractivity contribution in [3.05, 3.63) is 0 Å². The molecule has 4 heteroatoms. The van der Waals surface area contributed by atoms with Crippen LogP contribution in [0.4, 0.5) is 0 Å². The molecule has 122 valence electrons. The van der Waals surface area contributed by atoms with Crippen LogP contribution in [0, 0.1) is 0 Å². The molecule has 0 aromatic rings. The van der Waals surface area contributed by atoms with E-state index in [4.69, 9.17) is 0 Å². The van der Waals surface area contributed by atoms with E-state index >= 15 is 0 Å².